The molecule has 198 valence electrons. The van der Waals surface area contributed by atoms with Crippen LogP contribution in [0.25, 0.3) is 0 Å². The molecule has 0 amide bonds. The summed E-state index contributed by atoms with van der Waals surface area (Å²) >= 11 is 0. The van der Waals surface area contributed by atoms with E-state index in [1.54, 1.807) is 0 Å². The number of hydrogen-bond acceptors (Lipinski definition) is 4. The summed E-state index contributed by atoms with van der Waals surface area (Å²) in [5.41, 5.74) is 1.88. The molecule has 2 aromatic carbocycles. The highest BCUT2D eigenvalue weighted by atomic mass is 19.4. The fourth-order valence-electron chi connectivity index (χ4n) is 4.10. The van der Waals surface area contributed by atoms with E-state index in [0.29, 0.717) is 5.56 Å². The number of alkyl halides is 3. The van der Waals surface area contributed by atoms with Crippen molar-refractivity contribution in [2.24, 2.45) is 0 Å². The minimum absolute atomic E-state index is 0.0536. The zero-order valence-corrected chi connectivity index (χ0v) is 21.2. The van der Waals surface area contributed by atoms with Crippen LogP contribution in [-0.4, -0.2) is 17.3 Å². The standard InChI is InChI=1S/C29H38F3NO3/c1-2-3-4-5-6-7-8-9-10-11-12-24-13-15-25(16-14-24)21-33(36-28(35)23-34)22-26-17-19-27(20-18-26)29(30,31)32/h13-20,23H,2-12,21-22H2,1H3. The number of carbonyl (C=O) groups is 2. The van der Waals surface area contributed by atoms with Crippen LogP contribution >= 0.6 is 0 Å². The number of halogens is 3. The zero-order chi connectivity index (χ0) is 26.2. The second-order valence-corrected chi connectivity index (χ2v) is 9.27. The Morgan fingerprint density at radius 2 is 1.19 bits per heavy atom. The van der Waals surface area contributed by atoms with Crippen molar-refractivity contribution in [1.29, 1.82) is 0 Å². The molecule has 0 aliphatic carbocycles. The lowest BCUT2D eigenvalue weighted by atomic mass is 10.0. The molecule has 4 nitrogen and oxygen atoms in total. The maximum absolute atomic E-state index is 12.8. The Hall–Kier alpha value is -2.67. The zero-order valence-electron chi connectivity index (χ0n) is 21.2. The number of nitrogens with zero attached hydrogens (tertiary/aromatic N) is 1. The molecular formula is C29H38F3NO3. The number of hydroxylamine groups is 2. The third-order valence-corrected chi connectivity index (χ3v) is 6.16. The van der Waals surface area contributed by atoms with Gasteiger partial charge in [-0.05, 0) is 41.7 Å². The van der Waals surface area contributed by atoms with Crippen LogP contribution in [0.2, 0.25) is 0 Å². The topological polar surface area (TPSA) is 46.6 Å². The van der Waals surface area contributed by atoms with Gasteiger partial charge in [0, 0.05) is 0 Å². The van der Waals surface area contributed by atoms with Crippen LogP contribution in [-0.2, 0) is 40.1 Å². The van der Waals surface area contributed by atoms with E-state index in [1.165, 1.54) is 80.5 Å². The van der Waals surface area contributed by atoms with E-state index in [1.807, 2.05) is 24.3 Å². The van der Waals surface area contributed by atoms with E-state index in [9.17, 15) is 22.8 Å². The van der Waals surface area contributed by atoms with E-state index in [2.05, 4.69) is 6.92 Å². The number of rotatable bonds is 17. The fourth-order valence-corrected chi connectivity index (χ4v) is 4.10. The van der Waals surface area contributed by atoms with Crippen molar-refractivity contribution in [1.82, 2.24) is 5.06 Å². The Bertz CT molecular complexity index is 895. The van der Waals surface area contributed by atoms with Gasteiger partial charge in [-0.1, -0.05) is 101 Å². The molecule has 0 aliphatic heterocycles. The fraction of sp³-hybridized carbons (Fsp3) is 0.517. The highest BCUT2D eigenvalue weighted by molar-refractivity contribution is 6.20. The van der Waals surface area contributed by atoms with Gasteiger partial charge in [0.05, 0.1) is 18.7 Å². The molecule has 0 atom stereocenters. The summed E-state index contributed by atoms with van der Waals surface area (Å²) < 4.78 is 38.4. The van der Waals surface area contributed by atoms with Crippen molar-refractivity contribution in [2.45, 2.75) is 96.8 Å². The van der Waals surface area contributed by atoms with Crippen molar-refractivity contribution >= 4 is 12.3 Å². The summed E-state index contributed by atoms with van der Waals surface area (Å²) in [6.45, 7) is 2.50. The normalized spacial score (nSPS) is 11.6. The largest absolute Gasteiger partial charge is 0.416 e. The van der Waals surface area contributed by atoms with Crippen LogP contribution in [0.15, 0.2) is 48.5 Å². The first-order valence-corrected chi connectivity index (χ1v) is 13.0. The minimum atomic E-state index is -4.42. The number of carbonyl (C=O) groups excluding carboxylic acids is 2. The first-order valence-electron chi connectivity index (χ1n) is 13.0. The van der Waals surface area contributed by atoms with Gasteiger partial charge in [0.15, 0.2) is 0 Å². The first kappa shape index (κ1) is 29.6. The summed E-state index contributed by atoms with van der Waals surface area (Å²) in [4.78, 5) is 27.4. The lowest BCUT2D eigenvalue weighted by Gasteiger charge is -2.20. The van der Waals surface area contributed by atoms with Gasteiger partial charge in [0.25, 0.3) is 0 Å². The Kier molecular flexibility index (Phi) is 13.3. The van der Waals surface area contributed by atoms with E-state index in [4.69, 9.17) is 4.84 Å². The van der Waals surface area contributed by atoms with Gasteiger partial charge < -0.3 is 4.84 Å². The SMILES string of the molecule is CCCCCCCCCCCCc1ccc(CN(Cc2ccc(C(F)(F)F)cc2)OC(=O)C=O)cc1. The molecule has 0 saturated carbocycles. The van der Waals surface area contributed by atoms with Crippen LogP contribution in [0.3, 0.4) is 0 Å². The van der Waals surface area contributed by atoms with Gasteiger partial charge in [0.2, 0.25) is 6.29 Å². The van der Waals surface area contributed by atoms with E-state index in [0.717, 1.165) is 30.5 Å². The third kappa shape index (κ3) is 11.8. The molecule has 0 N–H and O–H groups in total. The van der Waals surface area contributed by atoms with E-state index < -0.39 is 17.7 Å². The molecule has 0 bridgehead atoms. The van der Waals surface area contributed by atoms with Gasteiger partial charge >= 0.3 is 12.1 Å². The molecule has 0 saturated heterocycles. The van der Waals surface area contributed by atoms with Crippen molar-refractivity contribution in [3.8, 4) is 0 Å². The van der Waals surface area contributed by atoms with Gasteiger partial charge in [0.1, 0.15) is 0 Å². The lowest BCUT2D eigenvalue weighted by Crippen LogP contribution is -2.27. The van der Waals surface area contributed by atoms with Gasteiger partial charge in [-0.25, -0.2) is 4.79 Å². The highest BCUT2D eigenvalue weighted by Crippen LogP contribution is 2.29. The van der Waals surface area contributed by atoms with Gasteiger partial charge in [-0.2, -0.15) is 13.2 Å². The minimum Gasteiger partial charge on any atom is -0.361 e. The molecular weight excluding hydrogens is 467 g/mol. The summed E-state index contributed by atoms with van der Waals surface area (Å²) in [6.07, 6.45) is 9.62. The lowest BCUT2D eigenvalue weighted by molar-refractivity contribution is -0.195. The maximum atomic E-state index is 12.8. The van der Waals surface area contributed by atoms with Crippen molar-refractivity contribution in [2.75, 3.05) is 0 Å². The Morgan fingerprint density at radius 1 is 0.750 bits per heavy atom. The van der Waals surface area contributed by atoms with Crippen LogP contribution < -0.4 is 0 Å². The highest BCUT2D eigenvalue weighted by Gasteiger charge is 2.30. The molecule has 0 radical (unpaired) electrons. The van der Waals surface area contributed by atoms with Gasteiger partial charge in [-0.15, -0.1) is 5.06 Å². The Balaban J connectivity index is 1.79. The molecule has 0 spiro atoms. The van der Waals surface area contributed by atoms with Crippen molar-refractivity contribution in [3.63, 3.8) is 0 Å². The van der Waals surface area contributed by atoms with Gasteiger partial charge in [-0.3, -0.25) is 4.79 Å². The second kappa shape index (κ2) is 16.1. The molecule has 0 aliphatic rings. The number of hydrogen-bond donors (Lipinski definition) is 0. The number of unbranched alkanes of at least 4 members (excludes halogenated alkanes) is 9. The molecule has 2 aromatic rings. The summed E-state index contributed by atoms with van der Waals surface area (Å²) in [5, 5.41) is 1.27. The van der Waals surface area contributed by atoms with E-state index >= 15 is 0 Å². The van der Waals surface area contributed by atoms with Crippen LogP contribution in [0.4, 0.5) is 13.2 Å². The number of benzene rings is 2. The second-order valence-electron chi connectivity index (χ2n) is 9.27. The molecule has 2 rings (SSSR count). The molecule has 36 heavy (non-hydrogen) atoms. The molecule has 7 heteroatoms. The molecule has 0 fully saturated rings. The number of aryl methyl sites for hydroxylation is 1. The summed E-state index contributed by atoms with van der Waals surface area (Å²) in [7, 11) is 0. The Labute approximate surface area is 212 Å². The Morgan fingerprint density at radius 3 is 1.67 bits per heavy atom. The molecule has 0 unspecified atom stereocenters. The van der Waals surface area contributed by atoms with Crippen LogP contribution in [0.5, 0.6) is 0 Å². The average molecular weight is 506 g/mol. The molecule has 0 heterocycles. The smallest absolute Gasteiger partial charge is 0.361 e. The maximum Gasteiger partial charge on any atom is 0.416 e. The summed E-state index contributed by atoms with van der Waals surface area (Å²) in [5.74, 6) is -1.06. The monoisotopic (exact) mass is 505 g/mol. The van der Waals surface area contributed by atoms with Crippen molar-refractivity contribution < 1.29 is 27.6 Å². The van der Waals surface area contributed by atoms with E-state index in [-0.39, 0.29) is 19.4 Å². The van der Waals surface area contributed by atoms with Crippen LogP contribution in [0.1, 0.15) is 93.4 Å². The molecule has 0 aromatic heterocycles. The quantitative estimate of drug-likeness (QED) is 0.0951. The average Bonchev–Trinajstić information content (AvgIpc) is 2.86. The predicted octanol–water partition coefficient (Wildman–Crippen LogP) is 7.83. The summed E-state index contributed by atoms with van der Waals surface area (Å²) in [6, 6.07) is 12.6. The van der Waals surface area contributed by atoms with Crippen molar-refractivity contribution in [3.05, 3.63) is 70.8 Å². The first-order chi connectivity index (χ1) is 17.3. The number of aldehydes is 1. The third-order valence-electron chi connectivity index (χ3n) is 6.16. The predicted molar refractivity (Wildman–Crippen MR) is 135 cm³/mol. The van der Waals surface area contributed by atoms with Crippen LogP contribution in [0, 0.1) is 0 Å².